The molecule has 2 aromatic rings. The molecule has 1 N–H and O–H groups in total. The van der Waals surface area contributed by atoms with E-state index in [-0.39, 0.29) is 30.4 Å². The van der Waals surface area contributed by atoms with Crippen LogP contribution in [0.4, 0.5) is 13.2 Å². The maximum absolute atomic E-state index is 12.7. The number of hydrogen-bond donors (Lipinski definition) is 1. The number of nitrogens with zero attached hydrogens (tertiary/aromatic N) is 2. The number of carbonyl (C=O) groups is 1. The minimum atomic E-state index is -4.52. The first-order chi connectivity index (χ1) is 10.8. The average Bonchev–Trinajstić information content (AvgIpc) is 2.97. The molecule has 0 aliphatic rings. The third kappa shape index (κ3) is 5.24. The summed E-state index contributed by atoms with van der Waals surface area (Å²) < 4.78 is 43.0. The number of aryl methyl sites for hydroxylation is 1. The second kappa shape index (κ2) is 7.08. The first-order valence-electron chi connectivity index (χ1n) is 6.76. The molecule has 5 nitrogen and oxygen atoms in total. The summed E-state index contributed by atoms with van der Waals surface area (Å²) in [5.74, 6) is 0.176. The number of alkyl halides is 3. The molecule has 2 rings (SSSR count). The quantitative estimate of drug-likeness (QED) is 0.858. The monoisotopic (exact) mass is 325 g/mol. The minimum absolute atomic E-state index is 0.0349. The normalized spacial score (nSPS) is 11.8. The van der Waals surface area contributed by atoms with Crippen LogP contribution in [0.5, 0.6) is 0 Å². The predicted molar refractivity (Wildman–Crippen MR) is 76.2 cm³/mol. The van der Waals surface area contributed by atoms with Gasteiger partial charge in [0.1, 0.15) is 17.3 Å². The fourth-order valence-electron chi connectivity index (χ4n) is 1.79. The molecule has 0 unspecified atom stereocenters. The second-order valence-electron chi connectivity index (χ2n) is 4.70. The van der Waals surface area contributed by atoms with Crippen LogP contribution in [0.3, 0.4) is 0 Å². The number of halogens is 3. The molecule has 0 bridgehead atoms. The lowest BCUT2D eigenvalue weighted by Gasteiger charge is -2.09. The number of amides is 1. The van der Waals surface area contributed by atoms with Gasteiger partial charge in [-0.1, -0.05) is 0 Å². The largest absolute Gasteiger partial charge is 0.465 e. The fourth-order valence-corrected chi connectivity index (χ4v) is 1.79. The van der Waals surface area contributed by atoms with Crippen LogP contribution in [0.1, 0.15) is 23.0 Å². The molecule has 0 aromatic carbocycles. The molecule has 0 fully saturated rings. The molecule has 0 saturated heterocycles. The first-order valence-corrected chi connectivity index (χ1v) is 6.76. The van der Waals surface area contributed by atoms with Gasteiger partial charge in [-0.3, -0.25) is 4.79 Å². The third-order valence-corrected chi connectivity index (χ3v) is 2.78. The van der Waals surface area contributed by atoms with E-state index in [1.807, 2.05) is 0 Å². The van der Waals surface area contributed by atoms with Crippen molar-refractivity contribution in [3.8, 4) is 0 Å². The van der Waals surface area contributed by atoms with Crippen LogP contribution in [0.25, 0.3) is 6.08 Å². The van der Waals surface area contributed by atoms with Gasteiger partial charge in [0.25, 0.3) is 0 Å². The molecular weight excluding hydrogens is 311 g/mol. The topological polar surface area (TPSA) is 68.0 Å². The molecule has 1 amide bonds. The molecule has 0 radical (unpaired) electrons. The van der Waals surface area contributed by atoms with Gasteiger partial charge in [-0.15, -0.1) is 0 Å². The highest BCUT2D eigenvalue weighted by Gasteiger charge is 2.33. The van der Waals surface area contributed by atoms with E-state index >= 15 is 0 Å². The third-order valence-electron chi connectivity index (χ3n) is 2.78. The smallest absolute Gasteiger partial charge is 0.433 e. The van der Waals surface area contributed by atoms with Crippen LogP contribution in [0.15, 0.2) is 35.0 Å². The Kier molecular flexibility index (Phi) is 5.15. The van der Waals surface area contributed by atoms with Crippen molar-refractivity contribution in [1.82, 2.24) is 15.3 Å². The van der Waals surface area contributed by atoms with E-state index in [9.17, 15) is 18.0 Å². The SMILES string of the molecule is Cc1cc(C(F)(F)F)nc(CCNC(=O)C=Cc2ccco2)n1. The highest BCUT2D eigenvalue weighted by molar-refractivity contribution is 5.91. The van der Waals surface area contributed by atoms with E-state index in [2.05, 4.69) is 15.3 Å². The molecule has 0 aliphatic carbocycles. The lowest BCUT2D eigenvalue weighted by Crippen LogP contribution is -2.24. The minimum Gasteiger partial charge on any atom is -0.465 e. The van der Waals surface area contributed by atoms with E-state index in [0.29, 0.717) is 5.76 Å². The Labute approximate surface area is 130 Å². The lowest BCUT2D eigenvalue weighted by molar-refractivity contribution is -0.141. The number of rotatable bonds is 5. The molecule has 23 heavy (non-hydrogen) atoms. The summed E-state index contributed by atoms with van der Waals surface area (Å²) in [6.45, 7) is 1.59. The molecule has 8 heteroatoms. The van der Waals surface area contributed by atoms with Crippen molar-refractivity contribution in [2.75, 3.05) is 6.54 Å². The van der Waals surface area contributed by atoms with Gasteiger partial charge in [0, 0.05) is 24.7 Å². The van der Waals surface area contributed by atoms with E-state index in [4.69, 9.17) is 4.42 Å². The highest BCUT2D eigenvalue weighted by atomic mass is 19.4. The van der Waals surface area contributed by atoms with Crippen LogP contribution in [0, 0.1) is 6.92 Å². The zero-order valence-electron chi connectivity index (χ0n) is 12.2. The van der Waals surface area contributed by atoms with Gasteiger partial charge in [0.05, 0.1) is 6.26 Å². The fraction of sp³-hybridized carbons (Fsp3) is 0.267. The highest BCUT2D eigenvalue weighted by Crippen LogP contribution is 2.27. The molecule has 122 valence electrons. The van der Waals surface area contributed by atoms with E-state index in [1.165, 1.54) is 25.3 Å². The molecule has 2 aromatic heterocycles. The van der Waals surface area contributed by atoms with Gasteiger partial charge < -0.3 is 9.73 Å². The summed E-state index contributed by atoms with van der Waals surface area (Å²) >= 11 is 0. The van der Waals surface area contributed by atoms with Gasteiger partial charge in [-0.05, 0) is 31.2 Å². The van der Waals surface area contributed by atoms with E-state index in [0.717, 1.165) is 6.07 Å². The Morgan fingerprint density at radius 3 is 2.83 bits per heavy atom. The number of hydrogen-bond acceptors (Lipinski definition) is 4. The van der Waals surface area contributed by atoms with Crippen LogP contribution in [-0.2, 0) is 17.4 Å². The summed E-state index contributed by atoms with van der Waals surface area (Å²) in [6.07, 6.45) is -0.176. The standard InChI is InChI=1S/C15H14F3N3O2/c1-10-9-12(15(16,17)18)21-13(20-10)6-7-19-14(22)5-4-11-3-2-8-23-11/h2-5,8-9H,6-7H2,1H3,(H,19,22). The Balaban J connectivity index is 1.89. The number of furan rings is 1. The number of nitrogens with one attached hydrogen (secondary N) is 1. The van der Waals surface area contributed by atoms with Crippen LogP contribution in [-0.4, -0.2) is 22.4 Å². The van der Waals surface area contributed by atoms with E-state index < -0.39 is 11.9 Å². The van der Waals surface area contributed by atoms with Gasteiger partial charge in [0.2, 0.25) is 5.91 Å². The summed E-state index contributed by atoms with van der Waals surface area (Å²) in [4.78, 5) is 19.0. The number of carbonyl (C=O) groups excluding carboxylic acids is 1. The maximum atomic E-state index is 12.7. The van der Waals surface area contributed by atoms with Gasteiger partial charge in [-0.2, -0.15) is 13.2 Å². The van der Waals surface area contributed by atoms with E-state index in [1.54, 1.807) is 12.1 Å². The molecule has 0 saturated carbocycles. The van der Waals surface area contributed by atoms with Gasteiger partial charge in [-0.25, -0.2) is 9.97 Å². The van der Waals surface area contributed by atoms with Crippen molar-refractivity contribution in [3.63, 3.8) is 0 Å². The summed E-state index contributed by atoms with van der Waals surface area (Å²) in [5, 5.41) is 2.54. The van der Waals surface area contributed by atoms with Crippen LogP contribution >= 0.6 is 0 Å². The van der Waals surface area contributed by atoms with Crippen molar-refractivity contribution in [1.29, 1.82) is 0 Å². The zero-order chi connectivity index (χ0) is 16.9. The summed E-state index contributed by atoms with van der Waals surface area (Å²) in [6, 6.07) is 4.25. The Hall–Kier alpha value is -2.64. The molecule has 0 aliphatic heterocycles. The van der Waals surface area contributed by atoms with Gasteiger partial charge in [0.15, 0.2) is 0 Å². The van der Waals surface area contributed by atoms with Gasteiger partial charge >= 0.3 is 6.18 Å². The van der Waals surface area contributed by atoms with Crippen LogP contribution in [0.2, 0.25) is 0 Å². The molecule has 0 spiro atoms. The Bertz CT molecular complexity index is 694. The van der Waals surface area contributed by atoms with Crippen molar-refractivity contribution >= 4 is 12.0 Å². The predicted octanol–water partition coefficient (Wildman–Crippen LogP) is 2.77. The van der Waals surface area contributed by atoms with Crippen LogP contribution < -0.4 is 5.32 Å². The number of aromatic nitrogens is 2. The average molecular weight is 325 g/mol. The molecular formula is C15H14F3N3O2. The maximum Gasteiger partial charge on any atom is 0.433 e. The molecule has 2 heterocycles. The Morgan fingerprint density at radius 2 is 2.17 bits per heavy atom. The Morgan fingerprint density at radius 1 is 1.39 bits per heavy atom. The van der Waals surface area contributed by atoms with Crippen molar-refractivity contribution in [2.45, 2.75) is 19.5 Å². The second-order valence-corrected chi connectivity index (χ2v) is 4.70. The van der Waals surface area contributed by atoms with Crippen molar-refractivity contribution in [3.05, 3.63) is 53.5 Å². The van der Waals surface area contributed by atoms with Crippen molar-refractivity contribution in [2.24, 2.45) is 0 Å². The molecule has 0 atom stereocenters. The summed E-state index contributed by atoms with van der Waals surface area (Å²) in [7, 11) is 0. The lowest BCUT2D eigenvalue weighted by atomic mass is 10.3. The van der Waals surface area contributed by atoms with Crippen molar-refractivity contribution < 1.29 is 22.4 Å². The summed E-state index contributed by atoms with van der Waals surface area (Å²) in [5.41, 5.74) is -0.754. The zero-order valence-corrected chi connectivity index (χ0v) is 12.2. The first kappa shape index (κ1) is 16.7.